The number of carbonyl (C=O) groups excluding carboxylic acids is 1. The van der Waals surface area contributed by atoms with E-state index in [1.165, 1.54) is 22.9 Å². The highest BCUT2D eigenvalue weighted by Crippen LogP contribution is 2.44. The number of aryl methyl sites for hydroxylation is 3. The first kappa shape index (κ1) is 33.6. The number of benzene rings is 4. The largest absolute Gasteiger partial charge is 0.493 e. The summed E-state index contributed by atoms with van der Waals surface area (Å²) in [4.78, 5) is 18.8. The van der Waals surface area contributed by atoms with Crippen LogP contribution in [0.1, 0.15) is 46.3 Å². The molecule has 6 rings (SSSR count). The number of halogens is 2. The number of anilines is 2. The molecule has 0 radical (unpaired) electrons. The van der Waals surface area contributed by atoms with Crippen LogP contribution in [-0.2, 0) is 17.2 Å². The van der Waals surface area contributed by atoms with Crippen LogP contribution in [-0.4, -0.2) is 27.8 Å². The molecule has 1 atom stereocenters. The summed E-state index contributed by atoms with van der Waals surface area (Å²) in [6.07, 6.45) is 0. The summed E-state index contributed by atoms with van der Waals surface area (Å²) in [5.41, 5.74) is 8.31. The maximum absolute atomic E-state index is 14.0. The highest BCUT2D eigenvalue weighted by atomic mass is 79.9. The molecule has 0 saturated carbocycles. The van der Waals surface area contributed by atoms with Crippen molar-refractivity contribution in [1.29, 1.82) is 0 Å². The molecule has 1 unspecified atom stereocenters. The van der Waals surface area contributed by atoms with Crippen molar-refractivity contribution in [3.63, 3.8) is 0 Å². The number of rotatable bonds is 10. The molecule has 246 valence electrons. The SMILES string of the molecule is COc1cc(C2C(C(=O)Nc3ccccc3)=C(C)Nc3nc(SCc4ccccc4Cl)nn32)cc(Br)c1OCc1cc(C)c(C)cc1C. The zero-order valence-electron chi connectivity index (χ0n) is 27.2. The van der Waals surface area contributed by atoms with Crippen molar-refractivity contribution in [3.8, 4) is 11.5 Å². The van der Waals surface area contributed by atoms with Crippen molar-refractivity contribution in [2.45, 2.75) is 51.3 Å². The highest BCUT2D eigenvalue weighted by molar-refractivity contribution is 9.10. The van der Waals surface area contributed by atoms with Gasteiger partial charge >= 0.3 is 0 Å². The second-order valence-electron chi connectivity index (χ2n) is 11.6. The van der Waals surface area contributed by atoms with Crippen molar-refractivity contribution in [1.82, 2.24) is 14.8 Å². The Morgan fingerprint density at radius 3 is 2.46 bits per heavy atom. The van der Waals surface area contributed by atoms with E-state index in [2.05, 4.69) is 59.5 Å². The normalized spacial score (nSPS) is 13.9. The highest BCUT2D eigenvalue weighted by Gasteiger charge is 2.35. The monoisotopic (exact) mass is 743 g/mol. The van der Waals surface area contributed by atoms with E-state index < -0.39 is 6.04 Å². The molecule has 1 amide bonds. The Bertz CT molecular complexity index is 2030. The third-order valence-electron chi connectivity index (χ3n) is 8.32. The second kappa shape index (κ2) is 14.5. The Morgan fingerprint density at radius 2 is 1.71 bits per heavy atom. The Kier molecular flexibility index (Phi) is 10.1. The molecule has 0 aliphatic carbocycles. The summed E-state index contributed by atoms with van der Waals surface area (Å²) in [5, 5.41) is 12.5. The van der Waals surface area contributed by atoms with Crippen LogP contribution in [0.2, 0.25) is 5.02 Å². The molecule has 8 nitrogen and oxygen atoms in total. The van der Waals surface area contributed by atoms with E-state index in [1.807, 2.05) is 73.7 Å². The number of thioether (sulfide) groups is 1. The van der Waals surface area contributed by atoms with Gasteiger partial charge in [0.1, 0.15) is 12.6 Å². The van der Waals surface area contributed by atoms with Gasteiger partial charge < -0.3 is 20.1 Å². The molecule has 48 heavy (non-hydrogen) atoms. The number of fused-ring (bicyclic) bond motifs is 1. The smallest absolute Gasteiger partial charge is 0.255 e. The van der Waals surface area contributed by atoms with Crippen LogP contribution in [0.4, 0.5) is 11.6 Å². The molecule has 0 saturated heterocycles. The molecule has 2 N–H and O–H groups in total. The number of nitrogens with zero attached hydrogens (tertiary/aromatic N) is 3. The van der Waals surface area contributed by atoms with Gasteiger partial charge in [0.25, 0.3) is 5.91 Å². The predicted molar refractivity (Wildman–Crippen MR) is 196 cm³/mol. The Morgan fingerprint density at radius 1 is 0.979 bits per heavy atom. The maximum atomic E-state index is 14.0. The number of amides is 1. The van der Waals surface area contributed by atoms with Crippen LogP contribution in [0.3, 0.4) is 0 Å². The number of hydrogen-bond donors (Lipinski definition) is 2. The van der Waals surface area contributed by atoms with E-state index in [1.54, 1.807) is 11.8 Å². The summed E-state index contributed by atoms with van der Waals surface area (Å²) < 4.78 is 14.7. The topological polar surface area (TPSA) is 90.3 Å². The van der Waals surface area contributed by atoms with Crippen molar-refractivity contribution in [2.24, 2.45) is 0 Å². The summed E-state index contributed by atoms with van der Waals surface area (Å²) >= 11 is 11.6. The molecule has 11 heteroatoms. The fourth-order valence-electron chi connectivity index (χ4n) is 5.64. The minimum atomic E-state index is -0.631. The van der Waals surface area contributed by atoms with Gasteiger partial charge in [-0.1, -0.05) is 71.9 Å². The number of carbonyl (C=O) groups is 1. The fourth-order valence-corrected chi connectivity index (χ4v) is 7.32. The van der Waals surface area contributed by atoms with Crippen molar-refractivity contribution in [3.05, 3.63) is 133 Å². The quantitative estimate of drug-likeness (QED) is 0.138. The molecule has 4 aromatic carbocycles. The molecule has 2 heterocycles. The molecule has 5 aromatic rings. The number of methoxy groups -OCH3 is 1. The molecule has 1 aromatic heterocycles. The van der Waals surface area contributed by atoms with E-state index >= 15 is 0 Å². The number of aromatic nitrogens is 3. The van der Waals surface area contributed by atoms with Gasteiger partial charge in [-0.15, -0.1) is 5.10 Å². The summed E-state index contributed by atoms with van der Waals surface area (Å²) in [7, 11) is 1.61. The number of hydrogen-bond acceptors (Lipinski definition) is 7. The first-order chi connectivity index (χ1) is 23.1. The third-order valence-corrected chi connectivity index (χ3v) is 10.2. The van der Waals surface area contributed by atoms with E-state index in [0.717, 1.165) is 22.3 Å². The van der Waals surface area contributed by atoms with Gasteiger partial charge in [-0.05, 0) is 107 Å². The van der Waals surface area contributed by atoms with Gasteiger partial charge in [-0.2, -0.15) is 4.98 Å². The zero-order chi connectivity index (χ0) is 33.9. The predicted octanol–water partition coefficient (Wildman–Crippen LogP) is 9.43. The lowest BCUT2D eigenvalue weighted by molar-refractivity contribution is -0.113. The van der Waals surface area contributed by atoms with Gasteiger partial charge in [-0.3, -0.25) is 4.79 Å². The molecular formula is C37H35BrClN5O3S. The Labute approximate surface area is 298 Å². The summed E-state index contributed by atoms with van der Waals surface area (Å²) in [5.74, 6) is 1.94. The average molecular weight is 745 g/mol. The number of nitrogens with one attached hydrogen (secondary N) is 2. The Hall–Kier alpha value is -4.25. The minimum absolute atomic E-state index is 0.261. The van der Waals surface area contributed by atoms with Crippen molar-refractivity contribution in [2.75, 3.05) is 17.7 Å². The van der Waals surface area contributed by atoms with Crippen LogP contribution in [0.5, 0.6) is 11.5 Å². The summed E-state index contributed by atoms with van der Waals surface area (Å²) in [6.45, 7) is 8.54. The van der Waals surface area contributed by atoms with E-state index in [4.69, 9.17) is 31.2 Å². The number of para-hydroxylation sites is 1. The zero-order valence-corrected chi connectivity index (χ0v) is 30.4. The van der Waals surface area contributed by atoms with E-state index in [9.17, 15) is 4.79 Å². The first-order valence-electron chi connectivity index (χ1n) is 15.4. The van der Waals surface area contributed by atoms with Gasteiger partial charge in [0.2, 0.25) is 11.1 Å². The molecule has 1 aliphatic heterocycles. The minimum Gasteiger partial charge on any atom is -0.493 e. The van der Waals surface area contributed by atoms with Crippen LogP contribution in [0.25, 0.3) is 0 Å². The number of allylic oxidation sites excluding steroid dienone is 1. The average Bonchev–Trinajstić information content (AvgIpc) is 3.47. The maximum Gasteiger partial charge on any atom is 0.255 e. The fraction of sp³-hybridized carbons (Fsp3) is 0.216. The van der Waals surface area contributed by atoms with Crippen LogP contribution in [0.15, 0.2) is 99.8 Å². The third kappa shape index (κ3) is 7.11. The van der Waals surface area contributed by atoms with E-state index in [-0.39, 0.29) is 5.91 Å². The molecule has 0 spiro atoms. The van der Waals surface area contributed by atoms with Gasteiger partial charge in [-0.25, -0.2) is 4.68 Å². The van der Waals surface area contributed by atoms with Gasteiger partial charge in [0, 0.05) is 22.2 Å². The molecule has 1 aliphatic rings. The standard InChI is InChI=1S/C37H35BrClN5O3S/c1-21-15-23(3)27(16-22(21)2)19-47-34-29(38)17-26(18-31(34)46-5)33-32(35(45)41-28-12-7-6-8-13-28)24(4)40-36-42-37(43-44(33)36)48-20-25-11-9-10-14-30(25)39/h6-18,33H,19-20H2,1-5H3,(H,41,45)(H,40,42,43). The summed E-state index contributed by atoms with van der Waals surface area (Å²) in [6, 6.07) is 24.6. The molecule has 0 bridgehead atoms. The Balaban J connectivity index is 1.37. The lowest BCUT2D eigenvalue weighted by atomic mass is 9.94. The molecule has 0 fully saturated rings. The van der Waals surface area contributed by atoms with Crippen LogP contribution >= 0.6 is 39.3 Å². The lowest BCUT2D eigenvalue weighted by Crippen LogP contribution is -2.31. The molecular weight excluding hydrogens is 710 g/mol. The van der Waals surface area contributed by atoms with Crippen molar-refractivity contribution >= 4 is 56.8 Å². The number of ether oxygens (including phenoxy) is 2. The van der Waals surface area contributed by atoms with Gasteiger partial charge in [0.15, 0.2) is 11.5 Å². The van der Waals surface area contributed by atoms with E-state index in [0.29, 0.717) is 61.4 Å². The van der Waals surface area contributed by atoms with Crippen molar-refractivity contribution < 1.29 is 14.3 Å². The first-order valence-corrected chi connectivity index (χ1v) is 17.5. The van der Waals surface area contributed by atoms with Crippen LogP contribution in [0, 0.1) is 20.8 Å². The van der Waals surface area contributed by atoms with Gasteiger partial charge in [0.05, 0.1) is 17.2 Å². The van der Waals surface area contributed by atoms with Crippen LogP contribution < -0.4 is 20.1 Å². The lowest BCUT2D eigenvalue weighted by Gasteiger charge is -2.29. The second-order valence-corrected chi connectivity index (χ2v) is 13.8.